The predicted octanol–water partition coefficient (Wildman–Crippen LogP) is 7.44. The number of rotatable bonds is 13. The Kier molecular flexibility index (Phi) is 10.2. The molecule has 46 heavy (non-hydrogen) atoms. The van der Waals surface area contributed by atoms with Crippen molar-refractivity contribution in [1.82, 2.24) is 24.7 Å². The molecule has 0 saturated heterocycles. The lowest BCUT2D eigenvalue weighted by atomic mass is 10.1. The third kappa shape index (κ3) is 7.83. The van der Waals surface area contributed by atoms with Crippen LogP contribution in [0.15, 0.2) is 60.9 Å². The molecule has 1 N–H and O–H groups in total. The van der Waals surface area contributed by atoms with Gasteiger partial charge in [-0.25, -0.2) is 23.7 Å². The number of pyridine rings is 1. The molecule has 0 amide bonds. The molecule has 5 aromatic rings. The zero-order chi connectivity index (χ0) is 32.8. The van der Waals surface area contributed by atoms with Gasteiger partial charge < -0.3 is 19.2 Å². The van der Waals surface area contributed by atoms with Gasteiger partial charge in [-0.15, -0.1) is 0 Å². The van der Waals surface area contributed by atoms with Gasteiger partial charge in [0, 0.05) is 54.1 Å². The molecule has 0 saturated carbocycles. The van der Waals surface area contributed by atoms with Gasteiger partial charge in [-0.3, -0.25) is 4.68 Å². The van der Waals surface area contributed by atoms with Crippen LogP contribution in [-0.4, -0.2) is 53.6 Å². The Bertz CT molecular complexity index is 1790. The number of benzene rings is 2. The number of anilines is 2. The highest BCUT2D eigenvalue weighted by Gasteiger charge is 2.23. The van der Waals surface area contributed by atoms with Crippen LogP contribution in [-0.2, 0) is 11.0 Å². The lowest BCUT2D eigenvalue weighted by molar-refractivity contribution is 0.242. The van der Waals surface area contributed by atoms with E-state index >= 15 is 0 Å². The van der Waals surface area contributed by atoms with Crippen LogP contribution in [0, 0.1) is 17.6 Å². The summed E-state index contributed by atoms with van der Waals surface area (Å²) < 4.78 is 62.8. The van der Waals surface area contributed by atoms with Gasteiger partial charge in [0.2, 0.25) is 5.95 Å². The van der Waals surface area contributed by atoms with E-state index in [1.54, 1.807) is 19.1 Å². The second-order valence-corrected chi connectivity index (χ2v) is 15.2. The van der Waals surface area contributed by atoms with E-state index in [4.69, 9.17) is 18.9 Å². The summed E-state index contributed by atoms with van der Waals surface area (Å²) in [5.41, 5.74) is 1.28. The quantitative estimate of drug-likeness (QED) is 0.0799. The van der Waals surface area contributed by atoms with Gasteiger partial charge in [0.1, 0.15) is 23.1 Å². The van der Waals surface area contributed by atoms with Gasteiger partial charge in [0.15, 0.2) is 26.4 Å². The van der Waals surface area contributed by atoms with Crippen molar-refractivity contribution in [2.75, 3.05) is 25.1 Å². The second kappa shape index (κ2) is 14.3. The minimum Gasteiger partial charge on any atom is -0.494 e. The Labute approximate surface area is 267 Å². The number of halogens is 3. The number of hydrogen-bond donors (Lipinski definition) is 1. The van der Waals surface area contributed by atoms with E-state index < -0.39 is 26.6 Å². The van der Waals surface area contributed by atoms with Crippen LogP contribution < -0.4 is 14.8 Å². The molecular formula is C33H37F3N6O3Si. The molecule has 0 spiro atoms. The molecule has 1 unspecified atom stereocenters. The lowest BCUT2D eigenvalue weighted by Crippen LogP contribution is -2.26. The average molecular weight is 651 g/mol. The molecule has 1 atom stereocenters. The maximum atomic E-state index is 15.0. The molecule has 2 aromatic carbocycles. The zero-order valence-electron chi connectivity index (χ0n) is 26.5. The molecule has 5 rings (SSSR count). The van der Waals surface area contributed by atoms with Crippen LogP contribution >= 0.6 is 0 Å². The van der Waals surface area contributed by atoms with E-state index in [0.29, 0.717) is 47.7 Å². The van der Waals surface area contributed by atoms with E-state index in [9.17, 15) is 13.2 Å². The molecule has 9 nitrogen and oxygen atoms in total. The molecule has 3 heterocycles. The highest BCUT2D eigenvalue weighted by Crippen LogP contribution is 2.32. The van der Waals surface area contributed by atoms with Gasteiger partial charge in [-0.2, -0.15) is 9.49 Å². The van der Waals surface area contributed by atoms with E-state index in [1.165, 1.54) is 23.1 Å². The summed E-state index contributed by atoms with van der Waals surface area (Å²) in [6.07, 6.45) is 3.52. The summed E-state index contributed by atoms with van der Waals surface area (Å²) in [5.74, 6) is -1.14. The smallest absolute Gasteiger partial charge is 0.214 e. The standard InChI is InChI=1S/C33H37F3N6O3Si/c1-6-43-22-17-25(34)24(26(35)18-22)20-42-27-11-8-7-10-23(27)30(41-42)32-38-19-28(44-14-9-15-45-46(5)33(2,3)4)31(40-32)39-21-12-13-37-29(36)16-21/h7-8,10-13,16-19,46H,6,9,14-15,20H2,1-5H3,(H,37,38,39,40). The molecule has 0 aliphatic heterocycles. The first kappa shape index (κ1) is 32.9. The third-order valence-electron chi connectivity index (χ3n) is 7.48. The highest BCUT2D eigenvalue weighted by molar-refractivity contribution is 6.53. The third-order valence-corrected chi connectivity index (χ3v) is 10.7. The highest BCUT2D eigenvalue weighted by atomic mass is 28.3. The number of ether oxygens (including phenoxy) is 2. The minimum atomic E-state index is -1.35. The molecule has 3 aromatic heterocycles. The molecular weight excluding hydrogens is 613 g/mol. The summed E-state index contributed by atoms with van der Waals surface area (Å²) >= 11 is 0. The van der Waals surface area contributed by atoms with E-state index in [1.807, 2.05) is 18.2 Å². The van der Waals surface area contributed by atoms with Gasteiger partial charge in [0.05, 0.1) is 31.5 Å². The fourth-order valence-corrected chi connectivity index (χ4v) is 5.61. The normalized spacial score (nSPS) is 12.3. The van der Waals surface area contributed by atoms with Crippen molar-refractivity contribution in [2.24, 2.45) is 0 Å². The van der Waals surface area contributed by atoms with Gasteiger partial charge in [-0.1, -0.05) is 39.0 Å². The Morgan fingerprint density at radius 2 is 1.72 bits per heavy atom. The van der Waals surface area contributed by atoms with Crippen molar-refractivity contribution in [1.29, 1.82) is 0 Å². The summed E-state index contributed by atoms with van der Waals surface area (Å²) in [4.78, 5) is 12.9. The van der Waals surface area contributed by atoms with Crippen molar-refractivity contribution in [3.8, 4) is 23.0 Å². The second-order valence-electron chi connectivity index (χ2n) is 11.8. The van der Waals surface area contributed by atoms with E-state index in [-0.39, 0.29) is 41.1 Å². The van der Waals surface area contributed by atoms with E-state index in [0.717, 1.165) is 12.1 Å². The number of hydrogen-bond acceptors (Lipinski definition) is 8. The van der Waals surface area contributed by atoms with Crippen molar-refractivity contribution in [3.63, 3.8) is 0 Å². The SMILES string of the molecule is CCOc1cc(F)c(Cn2nc(-c3ncc(OCCCO[SiH](C)C(C)(C)C)c(Nc4ccnc(F)c4)n3)c3ccccc32)c(F)c1. The predicted molar refractivity (Wildman–Crippen MR) is 174 cm³/mol. The Morgan fingerprint density at radius 1 is 0.957 bits per heavy atom. The Morgan fingerprint density at radius 3 is 2.43 bits per heavy atom. The summed E-state index contributed by atoms with van der Waals surface area (Å²) in [5, 5.41) is 8.63. The maximum absolute atomic E-state index is 15.0. The molecule has 242 valence electrons. The fraction of sp³-hybridized carbons (Fsp3) is 0.333. The van der Waals surface area contributed by atoms with E-state index in [2.05, 4.69) is 47.7 Å². The number of nitrogens with zero attached hydrogens (tertiary/aromatic N) is 5. The number of aromatic nitrogens is 5. The van der Waals surface area contributed by atoms with Crippen LogP contribution in [0.3, 0.4) is 0 Å². The number of para-hydroxylation sites is 1. The van der Waals surface area contributed by atoms with Crippen LogP contribution in [0.1, 0.15) is 39.7 Å². The van der Waals surface area contributed by atoms with Crippen molar-refractivity contribution >= 4 is 31.4 Å². The van der Waals surface area contributed by atoms with Gasteiger partial charge >= 0.3 is 0 Å². The maximum Gasteiger partial charge on any atom is 0.214 e. The molecule has 0 aliphatic carbocycles. The molecule has 0 radical (unpaired) electrons. The van der Waals surface area contributed by atoms with Crippen molar-refractivity contribution in [2.45, 2.75) is 52.2 Å². The van der Waals surface area contributed by atoms with Crippen molar-refractivity contribution < 1.29 is 27.1 Å². The zero-order valence-corrected chi connectivity index (χ0v) is 27.6. The minimum absolute atomic E-state index is 0.117. The summed E-state index contributed by atoms with van der Waals surface area (Å²) in [6.45, 7) is 11.5. The first-order chi connectivity index (χ1) is 22.0. The van der Waals surface area contributed by atoms with Gasteiger partial charge in [0.25, 0.3) is 0 Å². The monoisotopic (exact) mass is 650 g/mol. The van der Waals surface area contributed by atoms with Crippen LogP contribution in [0.5, 0.6) is 11.5 Å². The first-order valence-corrected chi connectivity index (χ1v) is 17.3. The first-order valence-electron chi connectivity index (χ1n) is 15.1. The average Bonchev–Trinajstić information content (AvgIpc) is 3.37. The van der Waals surface area contributed by atoms with Crippen LogP contribution in [0.4, 0.5) is 24.7 Å². The molecule has 0 fully saturated rings. The number of nitrogens with one attached hydrogen (secondary N) is 1. The van der Waals surface area contributed by atoms with Crippen LogP contribution in [0.2, 0.25) is 11.6 Å². The number of fused-ring (bicyclic) bond motifs is 1. The Hall–Kier alpha value is -4.49. The lowest BCUT2D eigenvalue weighted by Gasteiger charge is -2.25. The molecule has 0 aliphatic rings. The summed E-state index contributed by atoms with van der Waals surface area (Å²) in [7, 11) is -1.35. The van der Waals surface area contributed by atoms with Crippen LogP contribution in [0.25, 0.3) is 22.4 Å². The van der Waals surface area contributed by atoms with Gasteiger partial charge in [-0.05, 0) is 30.6 Å². The largest absolute Gasteiger partial charge is 0.494 e. The van der Waals surface area contributed by atoms with Crippen molar-refractivity contribution in [3.05, 3.63) is 84.1 Å². The fourth-order valence-electron chi connectivity index (χ4n) is 4.59. The topological polar surface area (TPSA) is 96.2 Å². The molecule has 13 heteroatoms. The Balaban J connectivity index is 1.45. The molecule has 0 bridgehead atoms. The summed E-state index contributed by atoms with van der Waals surface area (Å²) in [6, 6.07) is 12.4.